The number of thiazole rings is 1. The summed E-state index contributed by atoms with van der Waals surface area (Å²) in [5.41, 5.74) is 0.216. The lowest BCUT2D eigenvalue weighted by Gasteiger charge is -2.41. The number of hydrogen-bond donors (Lipinski definition) is 2. The van der Waals surface area contributed by atoms with E-state index < -0.39 is 32.5 Å². The van der Waals surface area contributed by atoms with Crippen molar-refractivity contribution in [2.75, 3.05) is 24.1 Å². The lowest BCUT2D eigenvalue weighted by Crippen LogP contribution is -2.47. The van der Waals surface area contributed by atoms with Crippen LogP contribution in [0.4, 0.5) is 28.4 Å². The van der Waals surface area contributed by atoms with Crippen LogP contribution >= 0.6 is 22.9 Å². The van der Waals surface area contributed by atoms with Gasteiger partial charge in [0.1, 0.15) is 10.7 Å². The Kier molecular flexibility index (Phi) is 9.66. The van der Waals surface area contributed by atoms with Gasteiger partial charge in [0.15, 0.2) is 5.13 Å². The zero-order valence-electron chi connectivity index (χ0n) is 21.0. The Balaban J connectivity index is 1.79. The van der Waals surface area contributed by atoms with E-state index in [-0.39, 0.29) is 33.8 Å². The second-order valence-corrected chi connectivity index (χ2v) is 12.2. The second-order valence-electron chi connectivity index (χ2n) is 9.28. The molecule has 1 aromatic carbocycles. The molecule has 0 aliphatic heterocycles. The molecule has 208 valence electrons. The predicted molar refractivity (Wildman–Crippen MR) is 145 cm³/mol. The first-order valence-electron chi connectivity index (χ1n) is 11.6. The van der Waals surface area contributed by atoms with Crippen LogP contribution in [0.25, 0.3) is 0 Å². The number of halogens is 5. The number of nitrogens with zero attached hydrogens (tertiary/aromatic N) is 2. The van der Waals surface area contributed by atoms with Crippen LogP contribution in [0.15, 0.2) is 64.6 Å². The first kappa shape index (κ1) is 30.1. The van der Waals surface area contributed by atoms with Crippen LogP contribution in [0.5, 0.6) is 0 Å². The van der Waals surface area contributed by atoms with Gasteiger partial charge in [-0.15, -0.1) is 11.3 Å². The van der Waals surface area contributed by atoms with Crippen molar-refractivity contribution in [3.8, 4) is 0 Å². The van der Waals surface area contributed by atoms with Gasteiger partial charge in [0.05, 0.1) is 10.7 Å². The van der Waals surface area contributed by atoms with Crippen molar-refractivity contribution in [2.45, 2.75) is 49.3 Å². The van der Waals surface area contributed by atoms with Gasteiger partial charge in [-0.1, -0.05) is 42.0 Å². The number of sulfonamides is 1. The van der Waals surface area contributed by atoms with E-state index in [1.165, 1.54) is 12.3 Å². The van der Waals surface area contributed by atoms with Crippen molar-refractivity contribution < 1.29 is 26.0 Å². The van der Waals surface area contributed by atoms with E-state index >= 15 is 4.39 Å². The Labute approximate surface area is 229 Å². The Morgan fingerprint density at radius 3 is 2.61 bits per heavy atom. The van der Waals surface area contributed by atoms with E-state index in [4.69, 9.17) is 11.6 Å². The quantitative estimate of drug-likeness (QED) is 0.246. The molecule has 38 heavy (non-hydrogen) atoms. The zero-order valence-corrected chi connectivity index (χ0v) is 23.4. The average Bonchev–Trinajstić information content (AvgIpc) is 3.32. The molecular weight excluding hydrogens is 564 g/mol. The molecular formula is C25H29ClF4N4O2S2. The lowest BCUT2D eigenvalue weighted by atomic mass is 9.78. The monoisotopic (exact) mass is 592 g/mol. The molecule has 2 aromatic rings. The molecule has 1 aliphatic rings. The number of hydrogen-bond acceptors (Lipinski definition) is 6. The number of rotatable bonds is 9. The summed E-state index contributed by atoms with van der Waals surface area (Å²) in [6.07, 6.45) is 3.06. The Hall–Kier alpha value is -2.41. The molecule has 1 aliphatic carbocycles. The van der Waals surface area contributed by atoms with Crippen LogP contribution in [0, 0.1) is 11.7 Å². The molecule has 2 N–H and O–H groups in total. The minimum absolute atomic E-state index is 0.0229. The van der Waals surface area contributed by atoms with Crippen LogP contribution in [-0.2, 0) is 10.0 Å². The molecule has 3 atom stereocenters. The highest BCUT2D eigenvalue weighted by Crippen LogP contribution is 2.36. The average molecular weight is 593 g/mol. The largest absolute Gasteiger partial charge is 0.412 e. The summed E-state index contributed by atoms with van der Waals surface area (Å²) in [5, 5.41) is 4.97. The number of alkyl halides is 3. The molecule has 0 bridgehead atoms. The third kappa shape index (κ3) is 7.58. The number of allylic oxidation sites excluding steroid dienone is 5. The molecule has 6 nitrogen and oxygen atoms in total. The van der Waals surface area contributed by atoms with Gasteiger partial charge in [-0.3, -0.25) is 4.72 Å². The smallest absolute Gasteiger partial charge is 0.379 e. The normalized spacial score (nSPS) is 21.2. The van der Waals surface area contributed by atoms with E-state index in [1.807, 2.05) is 19.0 Å². The van der Waals surface area contributed by atoms with Gasteiger partial charge in [-0.2, -0.15) is 13.2 Å². The molecule has 1 fully saturated rings. The van der Waals surface area contributed by atoms with Crippen LogP contribution in [0.3, 0.4) is 0 Å². The minimum Gasteiger partial charge on any atom is -0.379 e. The fraction of sp³-hybridized carbons (Fsp3) is 0.400. The predicted octanol–water partition coefficient (Wildman–Crippen LogP) is 6.87. The van der Waals surface area contributed by atoms with Gasteiger partial charge in [-0.25, -0.2) is 17.8 Å². The maximum absolute atomic E-state index is 15.0. The first-order valence-corrected chi connectivity index (χ1v) is 14.4. The van der Waals surface area contributed by atoms with E-state index in [1.54, 1.807) is 11.5 Å². The number of nitrogens with one attached hydrogen (secondary N) is 2. The van der Waals surface area contributed by atoms with E-state index in [0.717, 1.165) is 49.3 Å². The van der Waals surface area contributed by atoms with Crippen LogP contribution < -0.4 is 10.0 Å². The standard InChI is InChI=1S/C25H29ClF4N4O2S2/c1-15(6-5-7-16(2)25(28,29)30)17-8-9-22(34(3)4)21(12-17)32-20-14-19(27)23(13-18(20)26)38(35,36)33-24-31-10-11-37-24/h5-7,10-11,13-14,17,21-22,32H,1,8-9,12H2,2-4H3,(H,31,33)/b6-5-,16-7+/t17-,21+,22+/m1/s1. The molecule has 3 rings (SSSR count). The van der Waals surface area contributed by atoms with Crippen molar-refractivity contribution in [2.24, 2.45) is 5.92 Å². The zero-order chi connectivity index (χ0) is 28.3. The van der Waals surface area contributed by atoms with Gasteiger partial charge in [0.25, 0.3) is 10.0 Å². The highest BCUT2D eigenvalue weighted by Gasteiger charge is 2.33. The maximum atomic E-state index is 15.0. The molecule has 0 radical (unpaired) electrons. The van der Waals surface area contributed by atoms with Gasteiger partial charge in [-0.05, 0) is 58.3 Å². The topological polar surface area (TPSA) is 74.3 Å². The molecule has 0 saturated heterocycles. The van der Waals surface area contributed by atoms with Gasteiger partial charge in [0.2, 0.25) is 0 Å². The SMILES string of the molecule is C=C(/C=C\C=C(/C)C(F)(F)F)[C@@H]1CC[C@H](N(C)C)[C@@H](Nc2cc(F)c(S(=O)(=O)Nc3nccs3)cc2Cl)C1. The van der Waals surface area contributed by atoms with Crippen LogP contribution in [0.2, 0.25) is 5.02 Å². The first-order chi connectivity index (χ1) is 17.7. The van der Waals surface area contributed by atoms with Crippen LogP contribution in [0.1, 0.15) is 26.2 Å². The highest BCUT2D eigenvalue weighted by atomic mass is 35.5. The van der Waals surface area contributed by atoms with Crippen molar-refractivity contribution >= 4 is 43.8 Å². The Morgan fingerprint density at radius 1 is 1.29 bits per heavy atom. The molecule has 0 spiro atoms. The second kappa shape index (κ2) is 12.2. The van der Waals surface area contributed by atoms with Gasteiger partial charge < -0.3 is 10.2 Å². The van der Waals surface area contributed by atoms with Crippen LogP contribution in [-0.4, -0.2) is 50.7 Å². The number of anilines is 2. The van der Waals surface area contributed by atoms with Crippen molar-refractivity contribution in [1.29, 1.82) is 0 Å². The van der Waals surface area contributed by atoms with E-state index in [9.17, 15) is 21.6 Å². The summed E-state index contributed by atoms with van der Waals surface area (Å²) >= 11 is 7.45. The molecule has 1 saturated carbocycles. The third-order valence-corrected chi connectivity index (χ3v) is 8.90. The van der Waals surface area contributed by atoms with Crippen molar-refractivity contribution in [3.63, 3.8) is 0 Å². The summed E-state index contributed by atoms with van der Waals surface area (Å²) in [4.78, 5) is 5.28. The van der Waals surface area contributed by atoms with Gasteiger partial charge >= 0.3 is 6.18 Å². The molecule has 1 heterocycles. The lowest BCUT2D eigenvalue weighted by molar-refractivity contribution is -0.0913. The molecule has 1 aromatic heterocycles. The van der Waals surface area contributed by atoms with Gasteiger partial charge in [0, 0.05) is 29.2 Å². The van der Waals surface area contributed by atoms with E-state index in [2.05, 4.69) is 21.6 Å². The number of likely N-dealkylation sites (N-methyl/N-ethyl adjacent to an activating group) is 1. The summed E-state index contributed by atoms with van der Waals surface area (Å²) in [6.45, 7) is 5.05. The number of benzene rings is 1. The maximum Gasteiger partial charge on any atom is 0.412 e. The summed E-state index contributed by atoms with van der Waals surface area (Å²) < 4.78 is 80.7. The Bertz CT molecular complexity index is 1310. The molecule has 0 unspecified atom stereocenters. The summed E-state index contributed by atoms with van der Waals surface area (Å²) in [7, 11) is -0.411. The highest BCUT2D eigenvalue weighted by molar-refractivity contribution is 7.93. The minimum atomic E-state index is -4.38. The fourth-order valence-corrected chi connectivity index (χ4v) is 6.46. The van der Waals surface area contributed by atoms with Crippen molar-refractivity contribution in [3.05, 3.63) is 70.5 Å². The third-order valence-electron chi connectivity index (χ3n) is 6.41. The summed E-state index contributed by atoms with van der Waals surface area (Å²) in [5.74, 6) is -1.00. The fourth-order valence-electron chi connectivity index (χ4n) is 4.30. The number of aromatic nitrogens is 1. The summed E-state index contributed by atoms with van der Waals surface area (Å²) in [6, 6.07) is 1.93. The Morgan fingerprint density at radius 2 is 2.00 bits per heavy atom. The molecule has 0 amide bonds. The van der Waals surface area contributed by atoms with E-state index in [0.29, 0.717) is 12.0 Å². The van der Waals surface area contributed by atoms with Crippen molar-refractivity contribution in [1.82, 2.24) is 9.88 Å². The molecule has 13 heteroatoms.